The smallest absolute Gasteiger partial charge is 0.327 e. The number of benzene rings is 2. The van der Waals surface area contributed by atoms with Crippen LogP contribution in [0.3, 0.4) is 0 Å². The van der Waals surface area contributed by atoms with Crippen molar-refractivity contribution < 1.29 is 23.0 Å². The number of hydrogen-bond acceptors (Lipinski definition) is 4. The zero-order chi connectivity index (χ0) is 22.2. The van der Waals surface area contributed by atoms with Gasteiger partial charge in [-0.1, -0.05) is 64.5 Å². The molecule has 4 nitrogen and oxygen atoms in total. The normalized spacial score (nSPS) is 25.0. The van der Waals surface area contributed by atoms with Gasteiger partial charge in [0.2, 0.25) is 0 Å². The van der Waals surface area contributed by atoms with Crippen LogP contribution in [0.4, 0.5) is 8.78 Å². The minimum atomic E-state index is -2.98. The fourth-order valence-corrected chi connectivity index (χ4v) is 4.81. The summed E-state index contributed by atoms with van der Waals surface area (Å²) < 4.78 is 41.2. The molecule has 0 aromatic heterocycles. The van der Waals surface area contributed by atoms with Gasteiger partial charge in [-0.25, -0.2) is 8.78 Å². The van der Waals surface area contributed by atoms with E-state index in [-0.39, 0.29) is 34.7 Å². The molecule has 31 heavy (non-hydrogen) atoms. The minimum absolute atomic E-state index is 0.146. The molecular formula is C24H24BrF2NO3. The van der Waals surface area contributed by atoms with Crippen molar-refractivity contribution >= 4 is 21.9 Å². The number of ether oxygens (including phenoxy) is 2. The topological polar surface area (TPSA) is 38.8 Å². The van der Waals surface area contributed by atoms with Crippen molar-refractivity contribution in [2.24, 2.45) is 0 Å². The third kappa shape index (κ3) is 3.48. The Balaban J connectivity index is 0.00000112. The average molecular weight is 492 g/mol. The summed E-state index contributed by atoms with van der Waals surface area (Å²) >= 11 is 2.94. The van der Waals surface area contributed by atoms with Crippen LogP contribution >= 0.6 is 15.9 Å². The van der Waals surface area contributed by atoms with E-state index in [2.05, 4.69) is 33.0 Å². The fourth-order valence-electron chi connectivity index (χ4n) is 4.81. The molecule has 7 heteroatoms. The van der Waals surface area contributed by atoms with Gasteiger partial charge in [0.1, 0.15) is 17.6 Å². The summed E-state index contributed by atoms with van der Waals surface area (Å²) in [7, 11) is 2.03. The lowest BCUT2D eigenvalue weighted by Crippen LogP contribution is -2.50. The monoisotopic (exact) mass is 491 g/mol. The molecule has 0 saturated carbocycles. The quantitative estimate of drug-likeness (QED) is 0.331. The maximum Gasteiger partial charge on any atom is 0.327 e. The summed E-state index contributed by atoms with van der Waals surface area (Å²) in [6, 6.07) is 13.3. The summed E-state index contributed by atoms with van der Waals surface area (Å²) in [5.74, 6) is 1.42. The molecule has 2 unspecified atom stereocenters. The molecule has 0 radical (unpaired) electrons. The molecule has 3 heterocycles. The van der Waals surface area contributed by atoms with Crippen LogP contribution in [-0.2, 0) is 14.9 Å². The van der Waals surface area contributed by atoms with Crippen LogP contribution in [0.5, 0.6) is 11.5 Å². The number of carbonyl (C=O) groups excluding carboxylic acids is 1. The fraction of sp³-hybridized carbons (Fsp3) is 0.375. The Labute approximate surface area is 189 Å². The Kier molecular flexibility index (Phi) is 6.17. The zero-order valence-corrected chi connectivity index (χ0v) is 18.9. The molecule has 0 spiro atoms. The van der Waals surface area contributed by atoms with Crippen LogP contribution in [0.1, 0.15) is 24.0 Å². The van der Waals surface area contributed by atoms with Crippen LogP contribution in [0.15, 0.2) is 60.7 Å². The summed E-state index contributed by atoms with van der Waals surface area (Å²) in [5.41, 5.74) is -1.91. The Morgan fingerprint density at radius 2 is 1.52 bits per heavy atom. The number of halogens is 3. The average Bonchev–Trinajstić information content (AvgIpc) is 2.98. The Morgan fingerprint density at radius 3 is 2.00 bits per heavy atom. The predicted octanol–water partition coefficient (Wildman–Crippen LogP) is 5.30. The lowest BCUT2D eigenvalue weighted by Gasteiger charge is -2.40. The van der Waals surface area contributed by atoms with Crippen molar-refractivity contribution in [3.8, 4) is 11.5 Å². The van der Waals surface area contributed by atoms with Gasteiger partial charge in [-0.15, -0.1) is 0 Å². The first kappa shape index (κ1) is 22.0. The highest BCUT2D eigenvalue weighted by atomic mass is 79.9. The predicted molar refractivity (Wildman–Crippen MR) is 118 cm³/mol. The van der Waals surface area contributed by atoms with E-state index in [1.807, 2.05) is 12.9 Å². The first-order valence-electron chi connectivity index (χ1n) is 10.2. The van der Waals surface area contributed by atoms with E-state index in [0.717, 1.165) is 0 Å². The zero-order valence-electron chi connectivity index (χ0n) is 17.3. The molecule has 0 amide bonds. The third-order valence-electron chi connectivity index (χ3n) is 6.38. The molecule has 5 rings (SSSR count). The molecule has 1 fully saturated rings. The lowest BCUT2D eigenvalue weighted by molar-refractivity contribution is -0.163. The van der Waals surface area contributed by atoms with E-state index < -0.39 is 23.9 Å². The largest absolute Gasteiger partial charge is 0.461 e. The maximum absolute atomic E-state index is 14.8. The number of rotatable bonds is 3. The van der Waals surface area contributed by atoms with Gasteiger partial charge in [0.15, 0.2) is 5.41 Å². The second kappa shape index (κ2) is 8.71. The highest BCUT2D eigenvalue weighted by Crippen LogP contribution is 2.52. The van der Waals surface area contributed by atoms with Gasteiger partial charge in [0.25, 0.3) is 6.43 Å². The van der Waals surface area contributed by atoms with Gasteiger partial charge in [-0.3, -0.25) is 9.69 Å². The van der Waals surface area contributed by atoms with Crippen LogP contribution in [0.25, 0.3) is 0 Å². The van der Waals surface area contributed by atoms with E-state index in [0.29, 0.717) is 12.8 Å². The van der Waals surface area contributed by atoms with E-state index in [9.17, 15) is 13.6 Å². The molecule has 2 aromatic carbocycles. The first-order chi connectivity index (χ1) is 15.0. The molecular weight excluding hydrogens is 468 g/mol. The molecule has 2 aromatic rings. The highest BCUT2D eigenvalue weighted by molar-refractivity contribution is 9.08. The Morgan fingerprint density at radius 1 is 1.03 bits per heavy atom. The van der Waals surface area contributed by atoms with Gasteiger partial charge >= 0.3 is 5.97 Å². The number of alkyl halides is 3. The Bertz CT molecular complexity index is 935. The van der Waals surface area contributed by atoms with Gasteiger partial charge in [0, 0.05) is 36.1 Å². The molecule has 1 saturated heterocycles. The van der Waals surface area contributed by atoms with E-state index in [1.54, 1.807) is 36.4 Å². The number of likely N-dealkylation sites (N-methyl/N-ethyl adjacent to an activating group) is 1. The molecule has 0 N–H and O–H groups in total. The van der Waals surface area contributed by atoms with Crippen molar-refractivity contribution in [3.05, 3.63) is 71.8 Å². The van der Waals surface area contributed by atoms with Crippen LogP contribution < -0.4 is 4.74 Å². The van der Waals surface area contributed by atoms with Crippen LogP contribution in [-0.4, -0.2) is 48.4 Å². The SMILES string of the molecule is CBr.CN1C2C=CC1CC(OC(=O)C1(C(F)F)c3ccccc3Oc3ccccc31)C2. The standard InChI is InChI=1S/C23H21F2NO3.CH3Br/c1-26-14-10-11-15(26)13-16(12-14)28-22(27)23(21(24)25)17-6-2-4-8-19(17)29-20-9-5-3-7-18(20)23;1-2/h2-11,14-16,21H,12-13H2,1H3;1H3. The van der Waals surface area contributed by atoms with E-state index >= 15 is 0 Å². The minimum Gasteiger partial charge on any atom is -0.461 e. The summed E-state index contributed by atoms with van der Waals surface area (Å²) in [6.45, 7) is 0. The van der Waals surface area contributed by atoms with Gasteiger partial charge < -0.3 is 9.47 Å². The first-order valence-corrected chi connectivity index (χ1v) is 11.7. The summed E-state index contributed by atoms with van der Waals surface area (Å²) in [6.07, 6.45) is 2.02. The van der Waals surface area contributed by atoms with E-state index in [4.69, 9.17) is 9.47 Å². The number of fused-ring (bicyclic) bond motifs is 4. The third-order valence-corrected chi connectivity index (χ3v) is 6.38. The second-order valence-corrected chi connectivity index (χ2v) is 7.89. The number of piperidine rings is 1. The molecule has 0 aliphatic carbocycles. The van der Waals surface area contributed by atoms with Crippen molar-refractivity contribution in [1.82, 2.24) is 4.90 Å². The molecule has 3 aliphatic rings. The number of para-hydroxylation sites is 2. The van der Waals surface area contributed by atoms with E-state index in [1.165, 1.54) is 12.1 Å². The number of carbonyl (C=O) groups is 1. The maximum atomic E-state index is 14.8. The van der Waals surface area contributed by atoms with Crippen molar-refractivity contribution in [2.45, 2.75) is 42.9 Å². The molecule has 2 atom stereocenters. The van der Waals surface area contributed by atoms with Crippen molar-refractivity contribution in [1.29, 1.82) is 0 Å². The van der Waals surface area contributed by atoms with Gasteiger partial charge in [-0.05, 0) is 25.0 Å². The van der Waals surface area contributed by atoms with Gasteiger partial charge in [-0.2, -0.15) is 0 Å². The number of hydrogen-bond donors (Lipinski definition) is 0. The van der Waals surface area contributed by atoms with Gasteiger partial charge in [0.05, 0.1) is 0 Å². The lowest BCUT2D eigenvalue weighted by atomic mass is 9.72. The molecule has 2 bridgehead atoms. The Hall–Kier alpha value is -2.25. The number of esters is 1. The number of nitrogens with zero attached hydrogens (tertiary/aromatic N) is 1. The van der Waals surface area contributed by atoms with Crippen molar-refractivity contribution in [2.75, 3.05) is 12.9 Å². The molecule has 3 aliphatic heterocycles. The highest BCUT2D eigenvalue weighted by Gasteiger charge is 2.57. The van der Waals surface area contributed by atoms with Crippen molar-refractivity contribution in [3.63, 3.8) is 0 Å². The van der Waals surface area contributed by atoms with Crippen LogP contribution in [0.2, 0.25) is 0 Å². The summed E-state index contributed by atoms with van der Waals surface area (Å²) in [4.78, 5) is 15.7. The molecule has 164 valence electrons. The second-order valence-electron chi connectivity index (χ2n) is 7.89. The van der Waals surface area contributed by atoms with Crippen LogP contribution in [0, 0.1) is 0 Å². The summed E-state index contributed by atoms with van der Waals surface area (Å²) in [5, 5.41) is 0.